The van der Waals surface area contributed by atoms with Crippen LogP contribution in [0.25, 0.3) is 0 Å². The molecule has 1 aliphatic rings. The van der Waals surface area contributed by atoms with Crippen molar-refractivity contribution in [1.82, 2.24) is 15.5 Å². The van der Waals surface area contributed by atoms with Crippen molar-refractivity contribution in [2.24, 2.45) is 0 Å². The Labute approximate surface area is 175 Å². The van der Waals surface area contributed by atoms with Crippen molar-refractivity contribution in [3.63, 3.8) is 0 Å². The first-order valence-corrected chi connectivity index (χ1v) is 9.62. The van der Waals surface area contributed by atoms with Gasteiger partial charge in [-0.15, -0.1) is 0 Å². The molecule has 5 amide bonds. The number of hydrogen-bond acceptors (Lipinski definition) is 6. The predicted octanol–water partition coefficient (Wildman–Crippen LogP) is 1.50. The number of urea groups is 1. The second-order valence-corrected chi connectivity index (χ2v) is 8.37. The molecular weight excluding hydrogens is 390 g/mol. The lowest BCUT2D eigenvalue weighted by molar-refractivity contribution is -0.150. The van der Waals surface area contributed by atoms with Crippen molar-refractivity contribution in [1.29, 1.82) is 0 Å². The van der Waals surface area contributed by atoms with E-state index in [9.17, 15) is 24.0 Å². The number of nitrogens with zero attached hydrogens (tertiary/aromatic N) is 1. The zero-order valence-corrected chi connectivity index (χ0v) is 17.8. The van der Waals surface area contributed by atoms with Crippen LogP contribution >= 0.6 is 0 Å². The van der Waals surface area contributed by atoms with Gasteiger partial charge in [-0.25, -0.2) is 4.79 Å². The fourth-order valence-corrected chi connectivity index (χ4v) is 2.81. The Balaban J connectivity index is 1.84. The van der Waals surface area contributed by atoms with Gasteiger partial charge in [-0.2, -0.15) is 0 Å². The molecule has 0 saturated carbocycles. The Morgan fingerprint density at radius 3 is 2.23 bits per heavy atom. The monoisotopic (exact) mass is 417 g/mol. The number of carbonyl (C=O) groups excluding carboxylic acids is 5. The number of benzene rings is 1. The van der Waals surface area contributed by atoms with E-state index in [1.165, 1.54) is 0 Å². The van der Waals surface area contributed by atoms with E-state index in [1.807, 2.05) is 32.9 Å². The molecule has 0 aliphatic carbocycles. The summed E-state index contributed by atoms with van der Waals surface area (Å²) in [4.78, 5) is 60.8. The highest BCUT2D eigenvalue weighted by molar-refractivity contribution is 6.08. The van der Waals surface area contributed by atoms with Gasteiger partial charge in [0.15, 0.2) is 6.61 Å². The molecule has 1 aromatic rings. The van der Waals surface area contributed by atoms with Crippen molar-refractivity contribution >= 4 is 29.7 Å². The van der Waals surface area contributed by atoms with Gasteiger partial charge in [0, 0.05) is 5.56 Å². The first kappa shape index (κ1) is 23.1. The van der Waals surface area contributed by atoms with Crippen LogP contribution in [0, 0.1) is 0 Å². The van der Waals surface area contributed by atoms with E-state index >= 15 is 0 Å². The van der Waals surface area contributed by atoms with Crippen molar-refractivity contribution in [3.8, 4) is 0 Å². The van der Waals surface area contributed by atoms with E-state index in [0.717, 1.165) is 10.5 Å². The highest BCUT2D eigenvalue weighted by Gasteiger charge is 2.47. The molecule has 2 N–H and O–H groups in total. The number of hydrogen-bond donors (Lipinski definition) is 2. The molecule has 0 bridgehead atoms. The van der Waals surface area contributed by atoms with Crippen LogP contribution in [0.1, 0.15) is 57.0 Å². The lowest BCUT2D eigenvalue weighted by Gasteiger charge is -2.19. The standard InChI is InChI=1S/C21H27N3O6/c1-6-21(5)18(28)24(19(29)23-21)11-16(26)30-12-15(25)22-17(27)13-7-9-14(10-8-13)20(2,3)4/h7-10H,6,11-12H2,1-5H3,(H,23,29)(H,22,25,27)/t21-/m1/s1. The third kappa shape index (κ3) is 5.22. The summed E-state index contributed by atoms with van der Waals surface area (Å²) < 4.78 is 4.79. The van der Waals surface area contributed by atoms with Crippen LogP contribution in [0.4, 0.5) is 4.79 Å². The lowest BCUT2D eigenvalue weighted by atomic mass is 9.87. The molecule has 1 aliphatic heterocycles. The maximum atomic E-state index is 12.2. The Morgan fingerprint density at radius 2 is 1.73 bits per heavy atom. The van der Waals surface area contributed by atoms with Crippen molar-refractivity contribution in [3.05, 3.63) is 35.4 Å². The highest BCUT2D eigenvalue weighted by atomic mass is 16.5. The third-order valence-electron chi connectivity index (χ3n) is 4.97. The molecule has 0 radical (unpaired) electrons. The number of imide groups is 2. The predicted molar refractivity (Wildman–Crippen MR) is 108 cm³/mol. The second-order valence-electron chi connectivity index (χ2n) is 8.37. The van der Waals surface area contributed by atoms with Gasteiger partial charge < -0.3 is 10.1 Å². The fraction of sp³-hybridized carbons (Fsp3) is 0.476. The van der Waals surface area contributed by atoms with Gasteiger partial charge in [0.2, 0.25) is 0 Å². The Kier molecular flexibility index (Phi) is 6.64. The summed E-state index contributed by atoms with van der Waals surface area (Å²) >= 11 is 0. The van der Waals surface area contributed by atoms with Crippen molar-refractivity contribution < 1.29 is 28.7 Å². The van der Waals surface area contributed by atoms with E-state index in [1.54, 1.807) is 26.0 Å². The molecule has 1 fully saturated rings. The Hall–Kier alpha value is -3.23. The minimum Gasteiger partial charge on any atom is -0.454 e. The number of carbonyl (C=O) groups is 5. The largest absolute Gasteiger partial charge is 0.454 e. The average Bonchev–Trinajstić information content (AvgIpc) is 2.89. The Morgan fingerprint density at radius 1 is 1.13 bits per heavy atom. The lowest BCUT2D eigenvalue weighted by Crippen LogP contribution is -2.43. The van der Waals surface area contributed by atoms with E-state index < -0.39 is 48.4 Å². The molecular formula is C21H27N3O6. The first-order chi connectivity index (χ1) is 13.9. The molecule has 9 heteroatoms. The molecule has 1 aromatic carbocycles. The van der Waals surface area contributed by atoms with E-state index in [0.29, 0.717) is 12.0 Å². The highest BCUT2D eigenvalue weighted by Crippen LogP contribution is 2.22. The number of nitrogens with one attached hydrogen (secondary N) is 2. The van der Waals surface area contributed by atoms with Gasteiger partial charge in [0.25, 0.3) is 17.7 Å². The van der Waals surface area contributed by atoms with Crippen LogP contribution in [0.2, 0.25) is 0 Å². The SMILES string of the molecule is CC[C@@]1(C)NC(=O)N(CC(=O)OCC(=O)NC(=O)c2ccc(C(C)(C)C)cc2)C1=O. The summed E-state index contributed by atoms with van der Waals surface area (Å²) in [5, 5.41) is 4.64. The minimum absolute atomic E-state index is 0.0682. The minimum atomic E-state index is -1.07. The zero-order valence-electron chi connectivity index (χ0n) is 17.8. The summed E-state index contributed by atoms with van der Waals surface area (Å²) in [6.07, 6.45) is 0.365. The molecule has 1 saturated heterocycles. The maximum absolute atomic E-state index is 12.2. The van der Waals surface area contributed by atoms with E-state index in [2.05, 4.69) is 10.6 Å². The first-order valence-electron chi connectivity index (χ1n) is 9.62. The van der Waals surface area contributed by atoms with E-state index in [-0.39, 0.29) is 5.41 Å². The summed E-state index contributed by atoms with van der Waals surface area (Å²) in [6.45, 7) is 8.10. The molecule has 9 nitrogen and oxygen atoms in total. The van der Waals surface area contributed by atoms with Crippen molar-refractivity contribution in [2.75, 3.05) is 13.2 Å². The molecule has 0 unspecified atom stereocenters. The van der Waals surface area contributed by atoms with Crippen LogP contribution in [0.15, 0.2) is 24.3 Å². The number of ether oxygens (including phenoxy) is 1. The quantitative estimate of drug-likeness (QED) is 0.534. The molecule has 1 heterocycles. The number of esters is 1. The molecule has 2 rings (SSSR count). The zero-order chi connectivity index (χ0) is 22.7. The van der Waals surface area contributed by atoms with Crippen LogP contribution in [0.3, 0.4) is 0 Å². The molecule has 0 spiro atoms. The van der Waals surface area contributed by atoms with Crippen LogP contribution < -0.4 is 10.6 Å². The average molecular weight is 417 g/mol. The van der Waals surface area contributed by atoms with Crippen LogP contribution in [-0.2, 0) is 24.5 Å². The normalized spacial score (nSPS) is 18.8. The van der Waals surface area contributed by atoms with Gasteiger partial charge >= 0.3 is 12.0 Å². The summed E-state index contributed by atoms with van der Waals surface area (Å²) in [7, 11) is 0. The van der Waals surface area contributed by atoms with Crippen molar-refractivity contribution in [2.45, 2.75) is 52.0 Å². The van der Waals surface area contributed by atoms with Gasteiger partial charge in [-0.1, -0.05) is 39.8 Å². The Bertz CT molecular complexity index is 872. The summed E-state index contributed by atoms with van der Waals surface area (Å²) in [6, 6.07) is 6.14. The number of rotatable bonds is 6. The fourth-order valence-electron chi connectivity index (χ4n) is 2.81. The molecule has 30 heavy (non-hydrogen) atoms. The third-order valence-corrected chi connectivity index (χ3v) is 4.97. The maximum Gasteiger partial charge on any atom is 0.326 e. The molecule has 162 valence electrons. The molecule has 0 aromatic heterocycles. The second kappa shape index (κ2) is 8.64. The van der Waals surface area contributed by atoms with Gasteiger partial charge in [0.1, 0.15) is 12.1 Å². The summed E-state index contributed by atoms with van der Waals surface area (Å²) in [5.74, 6) is -2.91. The van der Waals surface area contributed by atoms with Gasteiger partial charge in [-0.3, -0.25) is 29.4 Å². The summed E-state index contributed by atoms with van der Waals surface area (Å²) in [5.41, 5.74) is 0.199. The van der Waals surface area contributed by atoms with Crippen LogP contribution in [-0.4, -0.2) is 53.3 Å². The topological polar surface area (TPSA) is 122 Å². The molecule has 1 atom stereocenters. The van der Waals surface area contributed by atoms with E-state index in [4.69, 9.17) is 4.74 Å². The van der Waals surface area contributed by atoms with Gasteiger partial charge in [0.05, 0.1) is 0 Å². The van der Waals surface area contributed by atoms with Gasteiger partial charge in [-0.05, 0) is 36.5 Å². The van der Waals surface area contributed by atoms with Crippen LogP contribution in [0.5, 0.6) is 0 Å². The smallest absolute Gasteiger partial charge is 0.326 e. The number of amides is 5.